The number of aryl methyl sites for hydroxylation is 1. The molecule has 142 valence electrons. The molecule has 0 aliphatic rings. The number of hydrogen-bond donors (Lipinski definition) is 3. The fourth-order valence-corrected chi connectivity index (χ4v) is 4.36. The van der Waals surface area contributed by atoms with E-state index in [1.165, 1.54) is 18.2 Å². The van der Waals surface area contributed by atoms with Crippen molar-refractivity contribution in [1.29, 1.82) is 0 Å². The molecule has 1 atom stereocenters. The van der Waals surface area contributed by atoms with Crippen molar-refractivity contribution in [1.82, 2.24) is 0 Å². The van der Waals surface area contributed by atoms with Crippen LogP contribution < -0.4 is 10.2 Å². The average Bonchev–Trinajstić information content (AvgIpc) is 2.58. The minimum Gasteiger partial charge on any atom is -0.378 e. The van der Waals surface area contributed by atoms with Crippen LogP contribution in [0.2, 0.25) is 0 Å². The van der Waals surface area contributed by atoms with Crippen molar-refractivity contribution in [3.8, 4) is 0 Å². The second kappa shape index (κ2) is 7.78. The molecule has 0 bridgehead atoms. The third-order valence-electron chi connectivity index (χ3n) is 4.62. The van der Waals surface area contributed by atoms with Gasteiger partial charge in [-0.15, -0.1) is 0 Å². The predicted octanol–water partition coefficient (Wildman–Crippen LogP) is 4.31. The summed E-state index contributed by atoms with van der Waals surface area (Å²) in [5.74, 6) is -0.468. The van der Waals surface area contributed by atoms with Crippen molar-refractivity contribution in [2.24, 2.45) is 0 Å². The number of rotatable bonds is 7. The third-order valence-corrected chi connectivity index (χ3v) is 6.28. The van der Waals surface area contributed by atoms with Gasteiger partial charge in [0.1, 0.15) is 5.82 Å². The Labute approximate surface area is 154 Å². The van der Waals surface area contributed by atoms with Crippen LogP contribution in [0, 0.1) is 5.82 Å². The van der Waals surface area contributed by atoms with Gasteiger partial charge < -0.3 is 20.0 Å². The van der Waals surface area contributed by atoms with Gasteiger partial charge in [-0.3, -0.25) is 4.57 Å². The average molecular weight is 380 g/mol. The molecule has 0 saturated carbocycles. The van der Waals surface area contributed by atoms with Gasteiger partial charge in [0.25, 0.3) is 0 Å². The smallest absolute Gasteiger partial charge is 0.355 e. The molecule has 2 rings (SSSR count). The van der Waals surface area contributed by atoms with Crippen LogP contribution >= 0.6 is 7.60 Å². The summed E-state index contributed by atoms with van der Waals surface area (Å²) in [5, 5.41) is 1.32. The minimum atomic E-state index is -4.64. The predicted molar refractivity (Wildman–Crippen MR) is 104 cm³/mol. The van der Waals surface area contributed by atoms with Crippen molar-refractivity contribution in [2.45, 2.75) is 32.0 Å². The van der Waals surface area contributed by atoms with Gasteiger partial charge in [-0.2, -0.15) is 0 Å². The van der Waals surface area contributed by atoms with E-state index in [4.69, 9.17) is 0 Å². The van der Waals surface area contributed by atoms with Crippen LogP contribution in [0.1, 0.15) is 31.4 Å². The molecular weight excluding hydrogens is 354 g/mol. The van der Waals surface area contributed by atoms with Crippen molar-refractivity contribution >= 4 is 19.0 Å². The van der Waals surface area contributed by atoms with Crippen LogP contribution in [0.3, 0.4) is 0 Å². The molecule has 0 fully saturated rings. The van der Waals surface area contributed by atoms with Crippen LogP contribution in [-0.2, 0) is 16.3 Å². The highest BCUT2D eigenvalue weighted by Crippen LogP contribution is 2.59. The van der Waals surface area contributed by atoms with Crippen LogP contribution in [0.15, 0.2) is 42.5 Å². The standard InChI is InChI=1S/C19H26FN2O3P/c1-5-14-12-17(22(3)4)10-11-18(14)19(6-2,26(23,24)25)21-16-9-7-8-15(20)13-16/h7-13,21H,5-6H2,1-4H3,(H2,23,24,25). The maximum atomic E-state index is 13.6. The summed E-state index contributed by atoms with van der Waals surface area (Å²) in [6.45, 7) is 3.66. The van der Waals surface area contributed by atoms with Crippen LogP contribution in [0.25, 0.3) is 0 Å². The first-order valence-corrected chi connectivity index (χ1v) is 10.2. The molecule has 0 radical (unpaired) electrons. The molecule has 3 N–H and O–H groups in total. The van der Waals surface area contributed by atoms with E-state index in [1.807, 2.05) is 38.1 Å². The Bertz CT molecular complexity index is 822. The first-order valence-electron chi connectivity index (χ1n) is 8.54. The Morgan fingerprint density at radius 3 is 2.35 bits per heavy atom. The Kier molecular flexibility index (Phi) is 6.12. The Morgan fingerprint density at radius 1 is 1.15 bits per heavy atom. The van der Waals surface area contributed by atoms with Gasteiger partial charge in [0.05, 0.1) is 0 Å². The van der Waals surface area contributed by atoms with Gasteiger partial charge in [0, 0.05) is 25.5 Å². The van der Waals surface area contributed by atoms with Gasteiger partial charge in [-0.05, 0) is 54.3 Å². The third kappa shape index (κ3) is 3.93. The van der Waals surface area contributed by atoms with Gasteiger partial charge >= 0.3 is 7.60 Å². The fraction of sp³-hybridized carbons (Fsp3) is 0.368. The van der Waals surface area contributed by atoms with Crippen molar-refractivity contribution < 1.29 is 18.7 Å². The summed E-state index contributed by atoms with van der Waals surface area (Å²) in [6.07, 6.45) is 0.756. The molecular formula is C19H26FN2O3P. The SMILES string of the molecule is CCc1cc(N(C)C)ccc1C(CC)(Nc1cccc(F)c1)P(=O)(O)O. The summed E-state index contributed by atoms with van der Waals surface area (Å²) in [7, 11) is -0.811. The number of benzene rings is 2. The summed E-state index contributed by atoms with van der Waals surface area (Å²) in [6, 6.07) is 11.2. The number of nitrogens with zero attached hydrogens (tertiary/aromatic N) is 1. The van der Waals surface area contributed by atoms with Crippen LogP contribution in [0.4, 0.5) is 15.8 Å². The highest BCUT2D eigenvalue weighted by molar-refractivity contribution is 7.53. The Balaban J connectivity index is 2.67. The second-order valence-corrected chi connectivity index (χ2v) is 8.33. The molecule has 0 aromatic heterocycles. The number of halogens is 1. The zero-order valence-corrected chi connectivity index (χ0v) is 16.4. The lowest BCUT2D eigenvalue weighted by Gasteiger charge is -2.37. The number of nitrogens with one attached hydrogen (secondary N) is 1. The largest absolute Gasteiger partial charge is 0.378 e. The van der Waals surface area contributed by atoms with Crippen molar-refractivity contribution in [3.63, 3.8) is 0 Å². The lowest BCUT2D eigenvalue weighted by atomic mass is 9.95. The summed E-state index contributed by atoms with van der Waals surface area (Å²) in [5.41, 5.74) is 2.65. The molecule has 0 amide bonds. The van der Waals surface area contributed by atoms with E-state index in [9.17, 15) is 18.7 Å². The summed E-state index contributed by atoms with van der Waals surface area (Å²) >= 11 is 0. The first-order chi connectivity index (χ1) is 12.1. The van der Waals surface area contributed by atoms with E-state index < -0.39 is 18.7 Å². The van der Waals surface area contributed by atoms with E-state index in [1.54, 1.807) is 19.1 Å². The molecule has 0 aliphatic heterocycles. The van der Waals surface area contributed by atoms with Crippen LogP contribution in [-0.4, -0.2) is 23.9 Å². The molecule has 0 spiro atoms. The molecule has 7 heteroatoms. The molecule has 2 aromatic rings. The van der Waals surface area contributed by atoms with Gasteiger partial charge in [-0.25, -0.2) is 4.39 Å². The normalized spacial score (nSPS) is 14.0. The lowest BCUT2D eigenvalue weighted by molar-refractivity contribution is 0.330. The molecule has 1 unspecified atom stereocenters. The number of hydrogen-bond acceptors (Lipinski definition) is 3. The maximum absolute atomic E-state index is 13.6. The van der Waals surface area contributed by atoms with Gasteiger partial charge in [-0.1, -0.05) is 26.0 Å². The first kappa shape index (κ1) is 20.4. The van der Waals surface area contributed by atoms with E-state index in [-0.39, 0.29) is 6.42 Å². The summed E-state index contributed by atoms with van der Waals surface area (Å²) < 4.78 is 26.2. The monoisotopic (exact) mass is 380 g/mol. The fourth-order valence-electron chi connectivity index (χ4n) is 3.14. The topological polar surface area (TPSA) is 72.8 Å². The molecule has 0 aliphatic carbocycles. The van der Waals surface area contributed by atoms with Gasteiger partial charge in [0.15, 0.2) is 5.28 Å². The zero-order valence-electron chi connectivity index (χ0n) is 15.5. The Morgan fingerprint density at radius 2 is 1.85 bits per heavy atom. The maximum Gasteiger partial charge on any atom is 0.355 e. The van der Waals surface area contributed by atoms with Gasteiger partial charge in [0.2, 0.25) is 0 Å². The second-order valence-electron chi connectivity index (χ2n) is 6.48. The van der Waals surface area contributed by atoms with E-state index in [2.05, 4.69) is 5.32 Å². The van der Waals surface area contributed by atoms with E-state index in [0.717, 1.165) is 11.3 Å². The highest BCUT2D eigenvalue weighted by Gasteiger charge is 2.48. The van der Waals surface area contributed by atoms with Crippen molar-refractivity contribution in [3.05, 3.63) is 59.4 Å². The lowest BCUT2D eigenvalue weighted by Crippen LogP contribution is -2.36. The number of anilines is 2. The van der Waals surface area contributed by atoms with E-state index in [0.29, 0.717) is 17.7 Å². The van der Waals surface area contributed by atoms with Crippen molar-refractivity contribution in [2.75, 3.05) is 24.3 Å². The zero-order chi connectivity index (χ0) is 19.5. The van der Waals surface area contributed by atoms with Crippen LogP contribution in [0.5, 0.6) is 0 Å². The molecule has 2 aromatic carbocycles. The highest BCUT2D eigenvalue weighted by atomic mass is 31.2. The summed E-state index contributed by atoms with van der Waals surface area (Å²) in [4.78, 5) is 22.4. The molecule has 0 saturated heterocycles. The molecule has 26 heavy (non-hydrogen) atoms. The molecule has 5 nitrogen and oxygen atoms in total. The Hall–Kier alpha value is -1.88. The quantitative estimate of drug-likeness (QED) is 0.625. The molecule has 0 heterocycles. The minimum absolute atomic E-state index is 0.141. The van der Waals surface area contributed by atoms with E-state index >= 15 is 0 Å².